The Balaban J connectivity index is 1.65. The Morgan fingerprint density at radius 3 is 2.61 bits per heavy atom. The van der Waals surface area contributed by atoms with E-state index in [-0.39, 0.29) is 0 Å². The molecular weight excluding hydrogens is 226 g/mol. The highest BCUT2D eigenvalue weighted by molar-refractivity contribution is 4.85. The van der Waals surface area contributed by atoms with E-state index in [1.807, 2.05) is 14.2 Å². The molecule has 0 radical (unpaired) electrons. The molecule has 18 heavy (non-hydrogen) atoms. The fourth-order valence-corrected chi connectivity index (χ4v) is 3.53. The number of hydrogen-bond donors (Lipinski definition) is 0. The molecule has 1 saturated carbocycles. The van der Waals surface area contributed by atoms with E-state index in [0.29, 0.717) is 6.10 Å². The van der Waals surface area contributed by atoms with Gasteiger partial charge in [0.25, 0.3) is 0 Å². The lowest BCUT2D eigenvalue weighted by Gasteiger charge is -2.42. The molecule has 0 amide bonds. The van der Waals surface area contributed by atoms with Crippen LogP contribution in [0.1, 0.15) is 32.6 Å². The van der Waals surface area contributed by atoms with E-state index in [0.717, 1.165) is 24.4 Å². The van der Waals surface area contributed by atoms with Crippen LogP contribution in [0.3, 0.4) is 0 Å². The SMILES string of the molecule is COCC[C@H]1CCN(C[C@H]2C[C@H](OC)C2)C[C@H]1C. The molecule has 2 rings (SSSR count). The van der Waals surface area contributed by atoms with Crippen molar-refractivity contribution in [2.75, 3.05) is 40.5 Å². The summed E-state index contributed by atoms with van der Waals surface area (Å²) >= 11 is 0. The number of likely N-dealkylation sites (tertiary alicyclic amines) is 1. The molecule has 1 saturated heterocycles. The van der Waals surface area contributed by atoms with Gasteiger partial charge in [-0.2, -0.15) is 0 Å². The van der Waals surface area contributed by atoms with Crippen molar-refractivity contribution < 1.29 is 9.47 Å². The van der Waals surface area contributed by atoms with Gasteiger partial charge < -0.3 is 14.4 Å². The van der Waals surface area contributed by atoms with Gasteiger partial charge in [-0.05, 0) is 50.0 Å². The maximum Gasteiger partial charge on any atom is 0.0577 e. The van der Waals surface area contributed by atoms with Crippen LogP contribution in [-0.4, -0.2) is 51.5 Å². The van der Waals surface area contributed by atoms with Crippen LogP contribution in [0.4, 0.5) is 0 Å². The topological polar surface area (TPSA) is 21.7 Å². The van der Waals surface area contributed by atoms with Crippen LogP contribution in [0, 0.1) is 17.8 Å². The monoisotopic (exact) mass is 255 g/mol. The highest BCUT2D eigenvalue weighted by Crippen LogP contribution is 2.32. The van der Waals surface area contributed by atoms with Gasteiger partial charge in [0.15, 0.2) is 0 Å². The Morgan fingerprint density at radius 2 is 2.00 bits per heavy atom. The molecule has 0 bridgehead atoms. The van der Waals surface area contributed by atoms with Gasteiger partial charge in [-0.3, -0.25) is 0 Å². The van der Waals surface area contributed by atoms with Crippen molar-refractivity contribution in [2.24, 2.45) is 17.8 Å². The van der Waals surface area contributed by atoms with E-state index in [4.69, 9.17) is 9.47 Å². The summed E-state index contributed by atoms with van der Waals surface area (Å²) in [7, 11) is 3.65. The smallest absolute Gasteiger partial charge is 0.0577 e. The van der Waals surface area contributed by atoms with Gasteiger partial charge in [-0.15, -0.1) is 0 Å². The fourth-order valence-electron chi connectivity index (χ4n) is 3.53. The summed E-state index contributed by atoms with van der Waals surface area (Å²) in [5, 5.41) is 0. The summed E-state index contributed by atoms with van der Waals surface area (Å²) in [6.45, 7) is 7.19. The third-order valence-electron chi connectivity index (χ3n) is 4.90. The lowest BCUT2D eigenvalue weighted by atomic mass is 9.80. The molecule has 1 aliphatic carbocycles. The Morgan fingerprint density at radius 1 is 1.22 bits per heavy atom. The molecule has 0 N–H and O–H groups in total. The Kier molecular flexibility index (Phi) is 5.46. The quantitative estimate of drug-likeness (QED) is 0.727. The molecule has 0 aromatic rings. The average Bonchev–Trinajstić information content (AvgIpc) is 2.32. The number of hydrogen-bond acceptors (Lipinski definition) is 3. The van der Waals surface area contributed by atoms with E-state index in [2.05, 4.69) is 11.8 Å². The van der Waals surface area contributed by atoms with Crippen molar-refractivity contribution in [3.8, 4) is 0 Å². The molecule has 1 heterocycles. The molecule has 0 unspecified atom stereocenters. The fraction of sp³-hybridized carbons (Fsp3) is 1.00. The van der Waals surface area contributed by atoms with Crippen LogP contribution in [-0.2, 0) is 9.47 Å². The minimum absolute atomic E-state index is 0.548. The van der Waals surface area contributed by atoms with Crippen LogP contribution in [0.2, 0.25) is 0 Å². The van der Waals surface area contributed by atoms with Gasteiger partial charge in [0.05, 0.1) is 6.10 Å². The molecule has 0 aromatic carbocycles. The van der Waals surface area contributed by atoms with Crippen LogP contribution >= 0.6 is 0 Å². The van der Waals surface area contributed by atoms with E-state index >= 15 is 0 Å². The minimum atomic E-state index is 0.548. The number of piperidine rings is 1. The van der Waals surface area contributed by atoms with Crippen LogP contribution in [0.25, 0.3) is 0 Å². The van der Waals surface area contributed by atoms with Crippen molar-refractivity contribution in [3.05, 3.63) is 0 Å². The zero-order valence-electron chi connectivity index (χ0n) is 12.2. The number of nitrogens with zero attached hydrogens (tertiary/aromatic N) is 1. The maximum atomic E-state index is 5.36. The average molecular weight is 255 g/mol. The zero-order valence-corrected chi connectivity index (χ0v) is 12.2. The molecule has 0 aromatic heterocycles. The molecule has 2 aliphatic rings. The largest absolute Gasteiger partial charge is 0.385 e. The van der Waals surface area contributed by atoms with Crippen molar-refractivity contribution >= 4 is 0 Å². The molecule has 2 atom stereocenters. The molecular formula is C15H29NO2. The first kappa shape index (κ1) is 14.3. The van der Waals surface area contributed by atoms with Gasteiger partial charge in [-0.25, -0.2) is 0 Å². The summed E-state index contributed by atoms with van der Waals surface area (Å²) < 4.78 is 10.6. The summed E-state index contributed by atoms with van der Waals surface area (Å²) in [4.78, 5) is 2.67. The first-order chi connectivity index (χ1) is 8.72. The van der Waals surface area contributed by atoms with Crippen molar-refractivity contribution in [3.63, 3.8) is 0 Å². The van der Waals surface area contributed by atoms with Gasteiger partial charge in [0.1, 0.15) is 0 Å². The zero-order chi connectivity index (χ0) is 13.0. The van der Waals surface area contributed by atoms with Gasteiger partial charge in [-0.1, -0.05) is 6.92 Å². The van der Waals surface area contributed by atoms with E-state index in [9.17, 15) is 0 Å². The molecule has 2 fully saturated rings. The number of ether oxygens (including phenoxy) is 2. The Hall–Kier alpha value is -0.120. The summed E-state index contributed by atoms with van der Waals surface area (Å²) in [6, 6.07) is 0. The highest BCUT2D eigenvalue weighted by atomic mass is 16.5. The second-order valence-corrected chi connectivity index (χ2v) is 6.26. The van der Waals surface area contributed by atoms with Crippen molar-refractivity contribution in [2.45, 2.75) is 38.7 Å². The predicted molar refractivity (Wildman–Crippen MR) is 73.7 cm³/mol. The lowest BCUT2D eigenvalue weighted by Crippen LogP contribution is -2.45. The van der Waals surface area contributed by atoms with E-state index < -0.39 is 0 Å². The first-order valence-electron chi connectivity index (χ1n) is 7.47. The molecule has 106 valence electrons. The first-order valence-corrected chi connectivity index (χ1v) is 7.47. The predicted octanol–water partition coefficient (Wildman–Crippen LogP) is 2.41. The van der Waals surface area contributed by atoms with E-state index in [1.165, 1.54) is 45.3 Å². The third-order valence-corrected chi connectivity index (χ3v) is 4.90. The standard InChI is InChI=1S/C15H29NO2/c1-12-10-16(6-4-14(12)5-7-17-2)11-13-8-15(9-13)18-3/h12-15H,4-11H2,1-3H3/t12-,13-,14-,15-/m1/s1. The van der Waals surface area contributed by atoms with Crippen molar-refractivity contribution in [1.29, 1.82) is 0 Å². The van der Waals surface area contributed by atoms with Gasteiger partial charge >= 0.3 is 0 Å². The highest BCUT2D eigenvalue weighted by Gasteiger charge is 2.32. The Bertz CT molecular complexity index is 241. The maximum absolute atomic E-state index is 5.36. The summed E-state index contributed by atoms with van der Waals surface area (Å²) in [5.41, 5.74) is 0. The summed E-state index contributed by atoms with van der Waals surface area (Å²) in [5.74, 6) is 2.58. The van der Waals surface area contributed by atoms with Crippen LogP contribution in [0.15, 0.2) is 0 Å². The molecule has 1 aliphatic heterocycles. The van der Waals surface area contributed by atoms with Gasteiger partial charge in [0, 0.05) is 33.9 Å². The van der Waals surface area contributed by atoms with Crippen LogP contribution < -0.4 is 0 Å². The van der Waals surface area contributed by atoms with Crippen LogP contribution in [0.5, 0.6) is 0 Å². The number of rotatable bonds is 6. The number of methoxy groups -OCH3 is 2. The summed E-state index contributed by atoms with van der Waals surface area (Å²) in [6.07, 6.45) is 5.68. The van der Waals surface area contributed by atoms with Crippen molar-refractivity contribution in [1.82, 2.24) is 4.90 Å². The Labute approximate surface area is 112 Å². The third kappa shape index (κ3) is 3.69. The molecule has 0 spiro atoms. The second kappa shape index (κ2) is 6.88. The van der Waals surface area contributed by atoms with Gasteiger partial charge in [0.2, 0.25) is 0 Å². The molecule has 3 heteroatoms. The van der Waals surface area contributed by atoms with E-state index in [1.54, 1.807) is 0 Å². The second-order valence-electron chi connectivity index (χ2n) is 6.26. The molecule has 3 nitrogen and oxygen atoms in total. The lowest BCUT2D eigenvalue weighted by molar-refractivity contribution is -0.0186. The minimum Gasteiger partial charge on any atom is -0.385 e. The normalized spacial score (nSPS) is 37.5.